The van der Waals surface area contributed by atoms with Crippen LogP contribution in [0.2, 0.25) is 0 Å². The van der Waals surface area contributed by atoms with E-state index >= 15 is 0 Å². The van der Waals surface area contributed by atoms with Gasteiger partial charge in [-0.25, -0.2) is 0 Å². The number of aliphatic hydroxyl groups is 1. The molecule has 102 valence electrons. The minimum absolute atomic E-state index is 0.0103. The third kappa shape index (κ3) is 4.27. The zero-order valence-electron chi connectivity index (χ0n) is 10.4. The molecule has 4 nitrogen and oxygen atoms in total. The van der Waals surface area contributed by atoms with E-state index in [1.165, 1.54) is 12.1 Å². The summed E-state index contributed by atoms with van der Waals surface area (Å²) >= 11 is 0. The van der Waals surface area contributed by atoms with Gasteiger partial charge < -0.3 is 15.1 Å². The molecule has 0 saturated carbocycles. The number of hydrogen-bond donors (Lipinski definition) is 3. The molecule has 0 heterocycles. The first-order valence-corrected chi connectivity index (χ1v) is 8.14. The van der Waals surface area contributed by atoms with Crippen molar-refractivity contribution in [2.45, 2.75) is 12.6 Å². The van der Waals surface area contributed by atoms with Gasteiger partial charge in [-0.15, -0.1) is 0 Å². The average molecular weight is 280 g/mol. The topological polar surface area (TPSA) is 77.8 Å². The van der Waals surface area contributed by atoms with E-state index in [-0.39, 0.29) is 29.8 Å². The number of rotatable bonds is 4. The van der Waals surface area contributed by atoms with Crippen molar-refractivity contribution in [3.05, 3.63) is 53.8 Å². The lowest BCUT2D eigenvalue weighted by Crippen LogP contribution is -2.07. The van der Waals surface area contributed by atoms with E-state index in [4.69, 9.17) is 0 Å². The predicted molar refractivity (Wildman–Crippen MR) is 74.5 cm³/mol. The molecule has 0 aromatic heterocycles. The van der Waals surface area contributed by atoms with Crippen LogP contribution in [0.5, 0.6) is 5.75 Å². The van der Waals surface area contributed by atoms with Crippen LogP contribution in [0, 0.1) is 5.92 Å². The zero-order valence-corrected chi connectivity index (χ0v) is 11.3. The van der Waals surface area contributed by atoms with Crippen molar-refractivity contribution in [1.29, 1.82) is 0 Å². The Morgan fingerprint density at radius 1 is 1.21 bits per heavy atom. The van der Waals surface area contributed by atoms with E-state index in [2.05, 4.69) is 0 Å². The molecule has 1 aromatic rings. The van der Waals surface area contributed by atoms with Crippen LogP contribution in [0.25, 0.3) is 0 Å². The van der Waals surface area contributed by atoms with Crippen molar-refractivity contribution in [2.24, 2.45) is 5.92 Å². The summed E-state index contributed by atoms with van der Waals surface area (Å²) in [7, 11) is -3.26. The summed E-state index contributed by atoms with van der Waals surface area (Å²) in [4.78, 5) is 10.0. The molecule has 0 saturated heterocycles. The van der Waals surface area contributed by atoms with Crippen molar-refractivity contribution in [1.82, 2.24) is 0 Å². The van der Waals surface area contributed by atoms with Gasteiger partial charge in [0.15, 0.2) is 0 Å². The molecule has 1 aliphatic rings. The van der Waals surface area contributed by atoms with Gasteiger partial charge in [0.1, 0.15) is 11.5 Å². The average Bonchev–Trinajstić information content (AvgIpc) is 2.34. The molecule has 19 heavy (non-hydrogen) atoms. The molecule has 0 amide bonds. The van der Waals surface area contributed by atoms with Crippen LogP contribution in [0.3, 0.4) is 0 Å². The van der Waals surface area contributed by atoms with Crippen LogP contribution in [0.4, 0.5) is 0 Å². The third-order valence-corrected chi connectivity index (χ3v) is 4.95. The Bertz CT molecular complexity index is 545. The fourth-order valence-corrected chi connectivity index (χ4v) is 4.02. The van der Waals surface area contributed by atoms with Gasteiger partial charge in [0, 0.05) is 12.3 Å². The minimum atomic E-state index is -3.26. The lowest BCUT2D eigenvalue weighted by Gasteiger charge is -2.18. The zero-order chi connectivity index (χ0) is 13.9. The number of hydrogen-bond acceptors (Lipinski definition) is 3. The van der Waals surface area contributed by atoms with Crippen LogP contribution >= 0.6 is 7.37 Å². The van der Waals surface area contributed by atoms with Crippen LogP contribution in [-0.2, 0) is 10.7 Å². The van der Waals surface area contributed by atoms with Crippen molar-refractivity contribution in [2.75, 3.05) is 6.16 Å². The molecule has 0 fully saturated rings. The fraction of sp³-hybridized carbons (Fsp3) is 0.286. The molecule has 2 unspecified atom stereocenters. The smallest absolute Gasteiger partial charge is 0.205 e. The first kappa shape index (κ1) is 13.9. The largest absolute Gasteiger partial charge is 0.508 e. The second-order valence-corrected chi connectivity index (χ2v) is 7.21. The Balaban J connectivity index is 1.97. The molecule has 1 aromatic carbocycles. The number of phenolic OH excluding ortho intramolecular Hbond substituents is 1. The maximum atomic E-state index is 12.2. The Labute approximate surface area is 112 Å². The molecule has 3 N–H and O–H groups in total. The number of phenols is 1. The highest BCUT2D eigenvalue weighted by atomic mass is 31.2. The van der Waals surface area contributed by atoms with Crippen LogP contribution < -0.4 is 0 Å². The first-order valence-electron chi connectivity index (χ1n) is 6.11. The van der Waals surface area contributed by atoms with Crippen molar-refractivity contribution < 1.29 is 19.7 Å². The molecule has 2 rings (SSSR count). The number of allylic oxidation sites excluding steroid dienone is 3. The van der Waals surface area contributed by atoms with Crippen molar-refractivity contribution in [3.63, 3.8) is 0 Å². The van der Waals surface area contributed by atoms with Crippen molar-refractivity contribution >= 4 is 7.37 Å². The summed E-state index contributed by atoms with van der Waals surface area (Å²) in [6.07, 6.45) is 5.89. The van der Waals surface area contributed by atoms with E-state index in [1.807, 2.05) is 0 Å². The maximum absolute atomic E-state index is 12.2. The van der Waals surface area contributed by atoms with Gasteiger partial charge >= 0.3 is 0 Å². The SMILES string of the molecule is O=P(O)(Cc1ccc(O)cc1)CC1C=CC(O)=CC1. The minimum Gasteiger partial charge on any atom is -0.508 e. The summed E-state index contributed by atoms with van der Waals surface area (Å²) in [5.41, 5.74) is 0.738. The van der Waals surface area contributed by atoms with E-state index in [1.54, 1.807) is 30.4 Å². The fourth-order valence-electron chi connectivity index (χ4n) is 2.11. The van der Waals surface area contributed by atoms with E-state index < -0.39 is 7.37 Å². The molecule has 1 aliphatic carbocycles. The predicted octanol–water partition coefficient (Wildman–Crippen LogP) is 3.18. The quantitative estimate of drug-likeness (QED) is 0.740. The van der Waals surface area contributed by atoms with Gasteiger partial charge in [-0.3, -0.25) is 4.57 Å². The second-order valence-electron chi connectivity index (χ2n) is 4.84. The lowest BCUT2D eigenvalue weighted by atomic mass is 10.0. The van der Waals surface area contributed by atoms with Gasteiger partial charge in [0.05, 0.1) is 0 Å². The summed E-state index contributed by atoms with van der Waals surface area (Å²) in [6.45, 7) is 0. The number of benzene rings is 1. The Morgan fingerprint density at radius 3 is 2.47 bits per heavy atom. The molecule has 0 aliphatic heterocycles. The summed E-state index contributed by atoms with van der Waals surface area (Å²) in [5, 5.41) is 18.4. The number of aliphatic hydroxyl groups excluding tert-OH is 1. The van der Waals surface area contributed by atoms with Gasteiger partial charge in [-0.2, -0.15) is 0 Å². The Kier molecular flexibility index (Phi) is 4.13. The first-order chi connectivity index (χ1) is 8.94. The highest BCUT2D eigenvalue weighted by molar-refractivity contribution is 7.57. The van der Waals surface area contributed by atoms with Gasteiger partial charge in [-0.05, 0) is 42.2 Å². The monoisotopic (exact) mass is 280 g/mol. The van der Waals surface area contributed by atoms with E-state index in [9.17, 15) is 19.7 Å². The van der Waals surface area contributed by atoms with E-state index in [0.717, 1.165) is 5.56 Å². The van der Waals surface area contributed by atoms with Crippen LogP contribution in [-0.4, -0.2) is 21.3 Å². The Hall–Kier alpha value is -1.51. The highest BCUT2D eigenvalue weighted by Crippen LogP contribution is 2.47. The van der Waals surface area contributed by atoms with Gasteiger partial charge in [0.25, 0.3) is 0 Å². The maximum Gasteiger partial charge on any atom is 0.205 e. The molecular formula is C14H17O4P. The summed E-state index contributed by atoms with van der Waals surface area (Å²) in [5.74, 6) is 0.346. The molecule has 0 spiro atoms. The highest BCUT2D eigenvalue weighted by Gasteiger charge is 2.24. The molecular weight excluding hydrogens is 263 g/mol. The van der Waals surface area contributed by atoms with Crippen LogP contribution in [0.15, 0.2) is 48.3 Å². The second kappa shape index (κ2) is 5.64. The molecule has 0 bridgehead atoms. The van der Waals surface area contributed by atoms with E-state index in [0.29, 0.717) is 6.42 Å². The normalized spacial score (nSPS) is 21.7. The van der Waals surface area contributed by atoms with Crippen LogP contribution in [0.1, 0.15) is 12.0 Å². The number of aromatic hydroxyl groups is 1. The molecule has 2 atom stereocenters. The molecule has 5 heteroatoms. The van der Waals surface area contributed by atoms with Gasteiger partial charge in [0.2, 0.25) is 7.37 Å². The molecule has 0 radical (unpaired) electrons. The standard InChI is InChI=1S/C14H17O4P/c15-13-5-1-11(2-6-13)9-19(17,18)10-12-3-7-14(16)8-4-12/h1-3,5-8,12,15-16H,4,9-10H2,(H,17,18). The lowest BCUT2D eigenvalue weighted by molar-refractivity contribution is 0.420. The van der Waals surface area contributed by atoms with Gasteiger partial charge in [-0.1, -0.05) is 18.2 Å². The van der Waals surface area contributed by atoms with Crippen molar-refractivity contribution in [3.8, 4) is 5.75 Å². The summed E-state index contributed by atoms with van der Waals surface area (Å²) in [6, 6.07) is 6.33. The third-order valence-electron chi connectivity index (χ3n) is 3.05. The summed E-state index contributed by atoms with van der Waals surface area (Å²) < 4.78 is 12.2. The Morgan fingerprint density at radius 2 is 1.89 bits per heavy atom.